The van der Waals surface area contributed by atoms with Crippen LogP contribution in [0, 0.1) is 0 Å². The lowest BCUT2D eigenvalue weighted by Crippen LogP contribution is -2.35. The lowest BCUT2D eigenvalue weighted by molar-refractivity contribution is -0.117. The second-order valence-electron chi connectivity index (χ2n) is 3.39. The predicted octanol–water partition coefficient (Wildman–Crippen LogP) is 2.52. The Bertz CT molecular complexity index is 341. The van der Waals surface area contributed by atoms with Crippen molar-refractivity contribution in [1.82, 2.24) is 0 Å². The summed E-state index contributed by atoms with van der Waals surface area (Å²) >= 11 is 3.34. The molecule has 1 amide bonds. The largest absolute Gasteiger partial charge is 0.325 e. The minimum absolute atomic E-state index is 0.130. The molecule has 4 heteroatoms. The summed E-state index contributed by atoms with van der Waals surface area (Å²) in [4.78, 5) is 11.6. The standard InChI is InChI=1S/C11H15BrN2O/c1-2-4-10(13)11(15)14-9-6-3-5-8(12)7-9/h3,5-7,10H,2,4,13H2,1H3,(H,14,15). The van der Waals surface area contributed by atoms with E-state index in [-0.39, 0.29) is 5.91 Å². The lowest BCUT2D eigenvalue weighted by atomic mass is 10.1. The van der Waals surface area contributed by atoms with E-state index in [9.17, 15) is 4.79 Å². The van der Waals surface area contributed by atoms with E-state index >= 15 is 0 Å². The number of hydrogen-bond donors (Lipinski definition) is 2. The summed E-state index contributed by atoms with van der Waals surface area (Å²) in [5, 5.41) is 2.77. The molecular formula is C11H15BrN2O. The van der Waals surface area contributed by atoms with E-state index in [0.29, 0.717) is 6.42 Å². The van der Waals surface area contributed by atoms with Crippen LogP contribution in [0.5, 0.6) is 0 Å². The van der Waals surface area contributed by atoms with Crippen molar-refractivity contribution in [3.8, 4) is 0 Å². The summed E-state index contributed by atoms with van der Waals surface area (Å²) in [6.45, 7) is 2.01. The van der Waals surface area contributed by atoms with Gasteiger partial charge in [-0.25, -0.2) is 0 Å². The van der Waals surface area contributed by atoms with Crippen LogP contribution in [-0.2, 0) is 4.79 Å². The molecule has 0 saturated heterocycles. The number of halogens is 1. The average Bonchev–Trinajstić information content (AvgIpc) is 2.18. The van der Waals surface area contributed by atoms with Gasteiger partial charge in [-0.05, 0) is 24.6 Å². The first-order valence-electron chi connectivity index (χ1n) is 4.95. The van der Waals surface area contributed by atoms with Gasteiger partial charge in [-0.15, -0.1) is 0 Å². The van der Waals surface area contributed by atoms with Crippen molar-refractivity contribution in [3.63, 3.8) is 0 Å². The summed E-state index contributed by atoms with van der Waals surface area (Å²) in [6, 6.07) is 7.03. The maximum Gasteiger partial charge on any atom is 0.241 e. The SMILES string of the molecule is CCCC(N)C(=O)Nc1cccc(Br)c1. The number of hydrogen-bond acceptors (Lipinski definition) is 2. The summed E-state index contributed by atoms with van der Waals surface area (Å²) < 4.78 is 0.935. The molecule has 0 aromatic heterocycles. The quantitative estimate of drug-likeness (QED) is 0.884. The third-order valence-electron chi connectivity index (χ3n) is 2.03. The fourth-order valence-electron chi connectivity index (χ4n) is 1.24. The molecule has 1 unspecified atom stereocenters. The monoisotopic (exact) mass is 270 g/mol. The number of amides is 1. The van der Waals surface area contributed by atoms with Crippen LogP contribution in [0.4, 0.5) is 5.69 Å². The Morgan fingerprint density at radius 3 is 2.93 bits per heavy atom. The van der Waals surface area contributed by atoms with Gasteiger partial charge in [0.25, 0.3) is 0 Å². The summed E-state index contributed by atoms with van der Waals surface area (Å²) in [7, 11) is 0. The van der Waals surface area contributed by atoms with Crippen molar-refractivity contribution in [3.05, 3.63) is 28.7 Å². The molecule has 0 spiro atoms. The molecule has 1 atom stereocenters. The molecule has 0 saturated carbocycles. The molecule has 3 N–H and O–H groups in total. The van der Waals surface area contributed by atoms with E-state index in [4.69, 9.17) is 5.73 Å². The van der Waals surface area contributed by atoms with E-state index < -0.39 is 6.04 Å². The van der Waals surface area contributed by atoms with Crippen LogP contribution in [0.25, 0.3) is 0 Å². The molecule has 82 valence electrons. The van der Waals surface area contributed by atoms with Crippen molar-refractivity contribution in [2.24, 2.45) is 5.73 Å². The van der Waals surface area contributed by atoms with Gasteiger partial charge >= 0.3 is 0 Å². The number of anilines is 1. The smallest absolute Gasteiger partial charge is 0.241 e. The van der Waals surface area contributed by atoms with Crippen molar-refractivity contribution in [2.75, 3.05) is 5.32 Å². The highest BCUT2D eigenvalue weighted by Gasteiger charge is 2.11. The van der Waals surface area contributed by atoms with Gasteiger partial charge in [0.1, 0.15) is 0 Å². The van der Waals surface area contributed by atoms with Crippen molar-refractivity contribution < 1.29 is 4.79 Å². The minimum Gasteiger partial charge on any atom is -0.325 e. The van der Waals surface area contributed by atoms with Crippen LogP contribution in [0.1, 0.15) is 19.8 Å². The van der Waals surface area contributed by atoms with E-state index in [1.54, 1.807) is 0 Å². The molecule has 0 fully saturated rings. The number of carbonyl (C=O) groups is 1. The molecule has 0 aliphatic carbocycles. The van der Waals surface area contributed by atoms with Crippen LogP contribution in [0.15, 0.2) is 28.7 Å². The number of nitrogens with one attached hydrogen (secondary N) is 1. The third-order valence-corrected chi connectivity index (χ3v) is 2.52. The highest BCUT2D eigenvalue weighted by atomic mass is 79.9. The number of nitrogens with two attached hydrogens (primary N) is 1. The molecule has 0 heterocycles. The predicted molar refractivity (Wildman–Crippen MR) is 65.7 cm³/mol. The molecule has 0 bridgehead atoms. The van der Waals surface area contributed by atoms with Crippen LogP contribution in [0.3, 0.4) is 0 Å². The second-order valence-corrected chi connectivity index (χ2v) is 4.31. The first-order valence-corrected chi connectivity index (χ1v) is 5.74. The molecule has 3 nitrogen and oxygen atoms in total. The van der Waals surface area contributed by atoms with Crippen molar-refractivity contribution >= 4 is 27.5 Å². The molecule has 0 radical (unpaired) electrons. The van der Waals surface area contributed by atoms with Gasteiger partial charge in [0.2, 0.25) is 5.91 Å². The molecular weight excluding hydrogens is 256 g/mol. The van der Waals surface area contributed by atoms with Crippen molar-refractivity contribution in [1.29, 1.82) is 0 Å². The first kappa shape index (κ1) is 12.2. The van der Waals surface area contributed by atoms with Crippen LogP contribution >= 0.6 is 15.9 Å². The van der Waals surface area contributed by atoms with E-state index in [1.807, 2.05) is 31.2 Å². The Kier molecular flexibility index (Phi) is 4.78. The fraction of sp³-hybridized carbons (Fsp3) is 0.364. The zero-order valence-electron chi connectivity index (χ0n) is 8.66. The maximum atomic E-state index is 11.6. The Morgan fingerprint density at radius 1 is 1.60 bits per heavy atom. The van der Waals surface area contributed by atoms with Crippen LogP contribution < -0.4 is 11.1 Å². The number of carbonyl (C=O) groups excluding carboxylic acids is 1. The van der Waals surface area contributed by atoms with Gasteiger partial charge in [0.05, 0.1) is 6.04 Å². The lowest BCUT2D eigenvalue weighted by Gasteiger charge is -2.11. The topological polar surface area (TPSA) is 55.1 Å². The van der Waals surface area contributed by atoms with Gasteiger partial charge in [0.15, 0.2) is 0 Å². The van der Waals surface area contributed by atoms with Gasteiger partial charge in [0, 0.05) is 10.2 Å². The highest BCUT2D eigenvalue weighted by Crippen LogP contribution is 2.15. The second kappa shape index (κ2) is 5.88. The van der Waals surface area contributed by atoms with E-state index in [1.165, 1.54) is 0 Å². The number of rotatable bonds is 4. The maximum absolute atomic E-state index is 11.6. The van der Waals surface area contributed by atoms with E-state index in [2.05, 4.69) is 21.2 Å². The van der Waals surface area contributed by atoms with Crippen molar-refractivity contribution in [2.45, 2.75) is 25.8 Å². The molecule has 1 aromatic rings. The Morgan fingerprint density at radius 2 is 2.33 bits per heavy atom. The third kappa shape index (κ3) is 4.01. The molecule has 15 heavy (non-hydrogen) atoms. The highest BCUT2D eigenvalue weighted by molar-refractivity contribution is 9.10. The summed E-state index contributed by atoms with van der Waals surface area (Å²) in [6.07, 6.45) is 1.62. The van der Waals surface area contributed by atoms with Gasteiger partial charge in [-0.2, -0.15) is 0 Å². The summed E-state index contributed by atoms with van der Waals surface area (Å²) in [5.41, 5.74) is 6.45. The first-order chi connectivity index (χ1) is 7.13. The Balaban J connectivity index is 2.58. The fourth-order valence-corrected chi connectivity index (χ4v) is 1.64. The molecule has 1 aromatic carbocycles. The van der Waals surface area contributed by atoms with Gasteiger partial charge in [-0.1, -0.05) is 35.3 Å². The zero-order valence-corrected chi connectivity index (χ0v) is 10.3. The summed E-state index contributed by atoms with van der Waals surface area (Å²) in [5.74, 6) is -0.130. The minimum atomic E-state index is -0.422. The van der Waals surface area contributed by atoms with Crippen LogP contribution in [-0.4, -0.2) is 11.9 Å². The Labute approximate surface area is 98.2 Å². The molecule has 0 aliphatic heterocycles. The number of benzene rings is 1. The van der Waals surface area contributed by atoms with Crippen LogP contribution in [0.2, 0.25) is 0 Å². The molecule has 0 aliphatic rings. The zero-order chi connectivity index (χ0) is 11.3. The van der Waals surface area contributed by atoms with E-state index in [0.717, 1.165) is 16.6 Å². The normalized spacial score (nSPS) is 12.2. The Hall–Kier alpha value is -0.870. The average molecular weight is 271 g/mol. The van der Waals surface area contributed by atoms with Gasteiger partial charge < -0.3 is 11.1 Å². The van der Waals surface area contributed by atoms with Gasteiger partial charge in [-0.3, -0.25) is 4.79 Å². The molecule has 1 rings (SSSR count).